The zero-order valence-corrected chi connectivity index (χ0v) is 11.6. The Morgan fingerprint density at radius 2 is 2.05 bits per heavy atom. The fraction of sp³-hybridized carbons (Fsp3) is 0.533. The van der Waals surface area contributed by atoms with Crippen molar-refractivity contribution in [3.05, 3.63) is 35.9 Å². The molecule has 2 unspecified atom stereocenters. The molecule has 4 heteroatoms. The fourth-order valence-electron chi connectivity index (χ4n) is 1.94. The lowest BCUT2D eigenvalue weighted by Crippen LogP contribution is -2.36. The molecule has 0 aromatic heterocycles. The SMILES string of the molecule is CCOC(=O)C(NC(C)CCCO)c1ccccc1. The molecule has 0 saturated carbocycles. The lowest BCUT2D eigenvalue weighted by atomic mass is 10.0. The molecule has 0 aliphatic rings. The van der Waals surface area contributed by atoms with Crippen LogP contribution in [-0.4, -0.2) is 30.3 Å². The minimum atomic E-state index is -0.449. The standard InChI is InChI=1S/C15H23NO3/c1-3-19-15(18)14(13-9-5-4-6-10-13)16-12(2)8-7-11-17/h4-6,9-10,12,14,16-17H,3,7-8,11H2,1-2H3. The summed E-state index contributed by atoms with van der Waals surface area (Å²) in [6.45, 7) is 4.34. The summed E-state index contributed by atoms with van der Waals surface area (Å²) in [6.07, 6.45) is 1.54. The number of carbonyl (C=O) groups excluding carboxylic acids is 1. The van der Waals surface area contributed by atoms with Crippen LogP contribution in [0.1, 0.15) is 38.3 Å². The Bertz CT molecular complexity index is 367. The Labute approximate surface area is 114 Å². The molecule has 1 rings (SSSR count). The number of aliphatic hydroxyl groups excluding tert-OH is 1. The van der Waals surface area contributed by atoms with E-state index >= 15 is 0 Å². The van der Waals surface area contributed by atoms with Gasteiger partial charge in [-0.3, -0.25) is 5.32 Å². The van der Waals surface area contributed by atoms with Crippen LogP contribution in [0.2, 0.25) is 0 Å². The van der Waals surface area contributed by atoms with Gasteiger partial charge >= 0.3 is 5.97 Å². The van der Waals surface area contributed by atoms with Crippen molar-refractivity contribution in [2.45, 2.75) is 38.8 Å². The first-order valence-corrected chi connectivity index (χ1v) is 6.77. The zero-order chi connectivity index (χ0) is 14.1. The summed E-state index contributed by atoms with van der Waals surface area (Å²) in [5, 5.41) is 12.1. The normalized spacial score (nSPS) is 13.8. The molecular formula is C15H23NO3. The molecule has 106 valence electrons. The Morgan fingerprint density at radius 3 is 2.63 bits per heavy atom. The fourth-order valence-corrected chi connectivity index (χ4v) is 1.94. The number of carbonyl (C=O) groups is 1. The molecule has 19 heavy (non-hydrogen) atoms. The molecule has 1 aromatic carbocycles. The topological polar surface area (TPSA) is 58.6 Å². The largest absolute Gasteiger partial charge is 0.465 e. The quantitative estimate of drug-likeness (QED) is 0.706. The molecule has 0 amide bonds. The maximum atomic E-state index is 12.0. The second-order valence-corrected chi connectivity index (χ2v) is 4.53. The predicted octanol–water partition coefficient (Wildman–Crippen LogP) is 2.04. The van der Waals surface area contributed by atoms with Gasteiger partial charge in [0.2, 0.25) is 0 Å². The number of benzene rings is 1. The van der Waals surface area contributed by atoms with Crippen molar-refractivity contribution in [2.75, 3.05) is 13.2 Å². The summed E-state index contributed by atoms with van der Waals surface area (Å²) in [6, 6.07) is 9.24. The molecule has 0 aliphatic heterocycles. The average Bonchev–Trinajstić information content (AvgIpc) is 2.43. The Kier molecular flexibility index (Phi) is 7.15. The minimum Gasteiger partial charge on any atom is -0.465 e. The van der Waals surface area contributed by atoms with Crippen molar-refractivity contribution in [3.8, 4) is 0 Å². The van der Waals surface area contributed by atoms with Gasteiger partial charge in [0, 0.05) is 12.6 Å². The van der Waals surface area contributed by atoms with Gasteiger partial charge in [0.1, 0.15) is 6.04 Å². The van der Waals surface area contributed by atoms with Crippen LogP contribution in [0.3, 0.4) is 0 Å². The molecule has 1 aromatic rings. The maximum Gasteiger partial charge on any atom is 0.327 e. The van der Waals surface area contributed by atoms with Crippen LogP contribution >= 0.6 is 0 Å². The van der Waals surface area contributed by atoms with Crippen LogP contribution < -0.4 is 5.32 Å². The molecule has 0 saturated heterocycles. The number of hydrogen-bond donors (Lipinski definition) is 2. The van der Waals surface area contributed by atoms with E-state index in [9.17, 15) is 4.79 Å². The van der Waals surface area contributed by atoms with Gasteiger partial charge in [-0.15, -0.1) is 0 Å². The zero-order valence-electron chi connectivity index (χ0n) is 11.6. The Morgan fingerprint density at radius 1 is 1.37 bits per heavy atom. The second-order valence-electron chi connectivity index (χ2n) is 4.53. The van der Waals surface area contributed by atoms with Gasteiger partial charge in [0.05, 0.1) is 6.61 Å². The first kappa shape index (κ1) is 15.7. The van der Waals surface area contributed by atoms with Crippen LogP contribution in [-0.2, 0) is 9.53 Å². The number of hydrogen-bond acceptors (Lipinski definition) is 4. The van der Waals surface area contributed by atoms with E-state index in [2.05, 4.69) is 5.32 Å². The summed E-state index contributed by atoms with van der Waals surface area (Å²) in [5.41, 5.74) is 0.900. The van der Waals surface area contributed by atoms with Crippen molar-refractivity contribution in [2.24, 2.45) is 0 Å². The highest BCUT2D eigenvalue weighted by Gasteiger charge is 2.23. The van der Waals surface area contributed by atoms with Gasteiger partial charge in [0.15, 0.2) is 0 Å². The number of rotatable bonds is 8. The van der Waals surface area contributed by atoms with E-state index in [1.54, 1.807) is 6.92 Å². The molecule has 0 bridgehead atoms. The smallest absolute Gasteiger partial charge is 0.327 e. The van der Waals surface area contributed by atoms with E-state index in [0.29, 0.717) is 6.61 Å². The summed E-state index contributed by atoms with van der Waals surface area (Å²) in [5.74, 6) is -0.260. The van der Waals surface area contributed by atoms with Crippen molar-refractivity contribution in [1.82, 2.24) is 5.32 Å². The highest BCUT2D eigenvalue weighted by Crippen LogP contribution is 2.16. The third-order valence-corrected chi connectivity index (χ3v) is 2.90. The van der Waals surface area contributed by atoms with E-state index in [1.807, 2.05) is 37.3 Å². The van der Waals surface area contributed by atoms with Crippen LogP contribution in [0, 0.1) is 0 Å². The molecule has 0 radical (unpaired) electrons. The third kappa shape index (κ3) is 5.41. The Balaban J connectivity index is 2.73. The number of ether oxygens (including phenoxy) is 1. The molecule has 0 spiro atoms. The summed E-state index contributed by atoms with van der Waals surface area (Å²) in [7, 11) is 0. The molecule has 2 N–H and O–H groups in total. The average molecular weight is 265 g/mol. The molecular weight excluding hydrogens is 242 g/mol. The van der Waals surface area contributed by atoms with Crippen molar-refractivity contribution >= 4 is 5.97 Å². The molecule has 0 aliphatic carbocycles. The number of aliphatic hydroxyl groups is 1. The monoisotopic (exact) mass is 265 g/mol. The van der Waals surface area contributed by atoms with Crippen LogP contribution in [0.15, 0.2) is 30.3 Å². The third-order valence-electron chi connectivity index (χ3n) is 2.90. The minimum absolute atomic E-state index is 0.141. The van der Waals surface area contributed by atoms with Crippen LogP contribution in [0.25, 0.3) is 0 Å². The van der Waals surface area contributed by atoms with Crippen LogP contribution in [0.4, 0.5) is 0 Å². The second kappa shape index (κ2) is 8.67. The van der Waals surface area contributed by atoms with Gasteiger partial charge in [-0.2, -0.15) is 0 Å². The highest BCUT2D eigenvalue weighted by molar-refractivity contribution is 5.77. The Hall–Kier alpha value is -1.39. The van der Waals surface area contributed by atoms with Gasteiger partial charge in [0.25, 0.3) is 0 Å². The summed E-state index contributed by atoms with van der Waals surface area (Å²) < 4.78 is 5.11. The lowest BCUT2D eigenvalue weighted by molar-refractivity contribution is -0.146. The van der Waals surface area contributed by atoms with Crippen molar-refractivity contribution < 1.29 is 14.6 Å². The van der Waals surface area contributed by atoms with Gasteiger partial charge < -0.3 is 9.84 Å². The maximum absolute atomic E-state index is 12.0. The van der Waals surface area contributed by atoms with Gasteiger partial charge in [-0.25, -0.2) is 4.79 Å². The van der Waals surface area contributed by atoms with E-state index < -0.39 is 6.04 Å². The van der Waals surface area contributed by atoms with E-state index in [0.717, 1.165) is 18.4 Å². The first-order chi connectivity index (χ1) is 9.19. The van der Waals surface area contributed by atoms with Gasteiger partial charge in [-0.1, -0.05) is 30.3 Å². The number of nitrogens with one attached hydrogen (secondary N) is 1. The van der Waals surface area contributed by atoms with Crippen molar-refractivity contribution in [3.63, 3.8) is 0 Å². The lowest BCUT2D eigenvalue weighted by Gasteiger charge is -2.22. The highest BCUT2D eigenvalue weighted by atomic mass is 16.5. The van der Waals surface area contributed by atoms with E-state index in [-0.39, 0.29) is 18.6 Å². The summed E-state index contributed by atoms with van der Waals surface area (Å²) >= 11 is 0. The van der Waals surface area contributed by atoms with Crippen LogP contribution in [0.5, 0.6) is 0 Å². The predicted molar refractivity (Wildman–Crippen MR) is 74.7 cm³/mol. The molecule has 2 atom stereocenters. The number of esters is 1. The first-order valence-electron chi connectivity index (χ1n) is 6.77. The van der Waals surface area contributed by atoms with Gasteiger partial charge in [-0.05, 0) is 32.3 Å². The molecule has 0 fully saturated rings. The van der Waals surface area contributed by atoms with E-state index in [4.69, 9.17) is 9.84 Å². The molecule has 0 heterocycles. The van der Waals surface area contributed by atoms with E-state index in [1.165, 1.54) is 0 Å². The molecule has 4 nitrogen and oxygen atoms in total. The van der Waals surface area contributed by atoms with Crippen molar-refractivity contribution in [1.29, 1.82) is 0 Å². The summed E-state index contributed by atoms with van der Waals surface area (Å²) in [4.78, 5) is 12.0.